The Hall–Kier alpha value is -3.55. The molecule has 0 aliphatic rings. The molecule has 3 rings (SSSR count). The predicted octanol–water partition coefficient (Wildman–Crippen LogP) is 3.67. The summed E-state index contributed by atoms with van der Waals surface area (Å²) >= 11 is 0. The van der Waals surface area contributed by atoms with Gasteiger partial charge in [-0.2, -0.15) is 0 Å². The zero-order valence-corrected chi connectivity index (χ0v) is 17.5. The van der Waals surface area contributed by atoms with Crippen LogP contribution in [0.3, 0.4) is 0 Å². The van der Waals surface area contributed by atoms with E-state index in [4.69, 9.17) is 18.6 Å². The zero-order chi connectivity index (χ0) is 22.0. The van der Waals surface area contributed by atoms with Gasteiger partial charge in [0, 0.05) is 28.8 Å². The third-order valence-electron chi connectivity index (χ3n) is 4.58. The predicted molar refractivity (Wildman–Crippen MR) is 109 cm³/mol. The number of H-pyrrole nitrogens is 1. The number of methoxy groups -OCH3 is 1. The number of aromatic amines is 1. The van der Waals surface area contributed by atoms with Crippen molar-refractivity contribution in [2.24, 2.45) is 0 Å². The van der Waals surface area contributed by atoms with Crippen molar-refractivity contribution in [1.29, 1.82) is 0 Å². The normalized spacial score (nSPS) is 11.0. The Balaban J connectivity index is 1.85. The molecule has 158 valence electrons. The minimum absolute atomic E-state index is 0.142. The maximum atomic E-state index is 12.6. The van der Waals surface area contributed by atoms with Gasteiger partial charge in [0.15, 0.2) is 0 Å². The van der Waals surface area contributed by atoms with Crippen molar-refractivity contribution in [2.75, 3.05) is 7.11 Å². The molecule has 2 heterocycles. The zero-order valence-electron chi connectivity index (χ0n) is 17.5. The molecule has 0 unspecified atom stereocenters. The van der Waals surface area contributed by atoms with E-state index in [-0.39, 0.29) is 18.4 Å². The molecular formula is C22H23NO7. The Morgan fingerprint density at radius 3 is 2.53 bits per heavy atom. The molecule has 0 bridgehead atoms. The summed E-state index contributed by atoms with van der Waals surface area (Å²) in [5.74, 6) is -0.608. The summed E-state index contributed by atoms with van der Waals surface area (Å²) in [6.07, 6.45) is -0.279. The number of rotatable bonds is 6. The number of hydrogen-bond acceptors (Lipinski definition) is 7. The van der Waals surface area contributed by atoms with Crippen LogP contribution < -0.4 is 10.4 Å². The third kappa shape index (κ3) is 4.22. The lowest BCUT2D eigenvalue weighted by Crippen LogP contribution is -2.13. The van der Waals surface area contributed by atoms with Crippen LogP contribution >= 0.6 is 0 Å². The Morgan fingerprint density at radius 1 is 1.13 bits per heavy atom. The summed E-state index contributed by atoms with van der Waals surface area (Å²) in [5, 5.41) is 0.629. The topological polar surface area (TPSA) is 108 Å². The summed E-state index contributed by atoms with van der Waals surface area (Å²) in [7, 11) is 1.51. The maximum absolute atomic E-state index is 12.6. The molecule has 8 nitrogen and oxygen atoms in total. The van der Waals surface area contributed by atoms with Crippen LogP contribution in [0.25, 0.3) is 11.0 Å². The molecular weight excluding hydrogens is 390 g/mol. The molecule has 0 fully saturated rings. The molecule has 0 aliphatic heterocycles. The van der Waals surface area contributed by atoms with Gasteiger partial charge < -0.3 is 23.6 Å². The fourth-order valence-electron chi connectivity index (χ4n) is 3.21. The van der Waals surface area contributed by atoms with E-state index in [2.05, 4.69) is 4.98 Å². The number of aryl methyl sites for hydroxylation is 1. The van der Waals surface area contributed by atoms with Gasteiger partial charge in [-0.3, -0.25) is 0 Å². The van der Waals surface area contributed by atoms with Gasteiger partial charge in [-0.15, -0.1) is 0 Å². The third-order valence-corrected chi connectivity index (χ3v) is 4.58. The lowest BCUT2D eigenvalue weighted by molar-refractivity contribution is 0.0376. The van der Waals surface area contributed by atoms with Gasteiger partial charge in [0.05, 0.1) is 18.8 Å². The first-order valence-corrected chi connectivity index (χ1v) is 9.39. The fourth-order valence-corrected chi connectivity index (χ4v) is 3.21. The van der Waals surface area contributed by atoms with Crippen molar-refractivity contribution in [3.8, 4) is 5.75 Å². The van der Waals surface area contributed by atoms with E-state index < -0.39 is 17.6 Å². The van der Waals surface area contributed by atoms with Gasteiger partial charge in [-0.25, -0.2) is 14.4 Å². The molecule has 2 aromatic heterocycles. The van der Waals surface area contributed by atoms with Crippen molar-refractivity contribution in [3.05, 3.63) is 62.8 Å². The van der Waals surface area contributed by atoms with E-state index in [9.17, 15) is 14.4 Å². The van der Waals surface area contributed by atoms with E-state index in [1.54, 1.807) is 45.9 Å². The standard InChI is InChI=1S/C22H23NO7/c1-11(2)29-21(25)19-12(3)20(23-13(19)4)22(26)28-10-14-8-18(24)30-17-9-15(27-5)6-7-16(14)17/h6-9,11,23H,10H2,1-5H3. The first kappa shape index (κ1) is 21.2. The van der Waals surface area contributed by atoms with Crippen molar-refractivity contribution >= 4 is 22.9 Å². The first-order chi connectivity index (χ1) is 14.2. The van der Waals surface area contributed by atoms with Gasteiger partial charge in [-0.05, 0) is 45.4 Å². The molecule has 0 radical (unpaired) electrons. The maximum Gasteiger partial charge on any atom is 0.355 e. The van der Waals surface area contributed by atoms with Gasteiger partial charge in [-0.1, -0.05) is 0 Å². The number of carbonyl (C=O) groups is 2. The molecule has 0 saturated heterocycles. The Morgan fingerprint density at radius 2 is 1.87 bits per heavy atom. The SMILES string of the molecule is COc1ccc2c(COC(=O)c3[nH]c(C)c(C(=O)OC(C)C)c3C)cc(=O)oc2c1. The highest BCUT2D eigenvalue weighted by molar-refractivity contribution is 5.98. The lowest BCUT2D eigenvalue weighted by atomic mass is 10.1. The number of aromatic nitrogens is 1. The molecule has 0 aliphatic carbocycles. The van der Waals surface area contributed by atoms with Crippen LogP contribution in [-0.4, -0.2) is 30.1 Å². The number of hydrogen-bond donors (Lipinski definition) is 1. The van der Waals surface area contributed by atoms with Crippen LogP contribution in [0.5, 0.6) is 5.75 Å². The number of ether oxygens (including phenoxy) is 3. The number of carbonyl (C=O) groups excluding carboxylic acids is 2. The quantitative estimate of drug-likeness (QED) is 0.485. The molecule has 0 saturated carbocycles. The molecule has 1 aromatic carbocycles. The van der Waals surface area contributed by atoms with E-state index >= 15 is 0 Å². The summed E-state index contributed by atoms with van der Waals surface area (Å²) in [4.78, 5) is 39.7. The van der Waals surface area contributed by atoms with Crippen molar-refractivity contribution < 1.29 is 28.2 Å². The van der Waals surface area contributed by atoms with Crippen LogP contribution in [-0.2, 0) is 16.1 Å². The van der Waals surface area contributed by atoms with E-state index in [1.165, 1.54) is 13.2 Å². The number of benzene rings is 1. The van der Waals surface area contributed by atoms with Crippen LogP contribution in [0.15, 0.2) is 33.5 Å². The van der Waals surface area contributed by atoms with Crippen LogP contribution in [0.1, 0.15) is 51.5 Å². The Bertz CT molecular complexity index is 1170. The van der Waals surface area contributed by atoms with E-state index in [0.717, 1.165) is 0 Å². The minimum atomic E-state index is -0.644. The van der Waals surface area contributed by atoms with Crippen LogP contribution in [0.4, 0.5) is 0 Å². The highest BCUT2D eigenvalue weighted by Crippen LogP contribution is 2.24. The second kappa shape index (κ2) is 8.44. The van der Waals surface area contributed by atoms with Crippen LogP contribution in [0, 0.1) is 13.8 Å². The molecule has 1 N–H and O–H groups in total. The van der Waals surface area contributed by atoms with Crippen LogP contribution in [0.2, 0.25) is 0 Å². The van der Waals surface area contributed by atoms with E-state index in [0.29, 0.717) is 39.1 Å². The Kier molecular flexibility index (Phi) is 5.96. The molecule has 0 atom stereocenters. The summed E-state index contributed by atoms with van der Waals surface area (Å²) in [5.41, 5.74) is 1.71. The summed E-state index contributed by atoms with van der Waals surface area (Å²) in [6, 6.07) is 6.32. The first-order valence-electron chi connectivity index (χ1n) is 9.39. The second-order valence-electron chi connectivity index (χ2n) is 7.11. The minimum Gasteiger partial charge on any atom is -0.497 e. The molecule has 8 heteroatoms. The highest BCUT2D eigenvalue weighted by atomic mass is 16.5. The average molecular weight is 413 g/mol. The van der Waals surface area contributed by atoms with E-state index in [1.807, 2.05) is 0 Å². The largest absolute Gasteiger partial charge is 0.497 e. The summed E-state index contributed by atoms with van der Waals surface area (Å²) in [6.45, 7) is 6.69. The number of esters is 2. The highest BCUT2D eigenvalue weighted by Gasteiger charge is 2.24. The second-order valence-corrected chi connectivity index (χ2v) is 7.11. The smallest absolute Gasteiger partial charge is 0.355 e. The van der Waals surface area contributed by atoms with Crippen molar-refractivity contribution in [2.45, 2.75) is 40.4 Å². The summed E-state index contributed by atoms with van der Waals surface area (Å²) < 4.78 is 21.0. The lowest BCUT2D eigenvalue weighted by Gasteiger charge is -2.09. The van der Waals surface area contributed by atoms with Crippen molar-refractivity contribution in [3.63, 3.8) is 0 Å². The fraction of sp³-hybridized carbons (Fsp3) is 0.318. The Labute approximate surface area is 172 Å². The molecule has 0 amide bonds. The molecule has 30 heavy (non-hydrogen) atoms. The number of nitrogens with one attached hydrogen (secondary N) is 1. The number of fused-ring (bicyclic) bond motifs is 1. The molecule has 0 spiro atoms. The van der Waals surface area contributed by atoms with Crippen molar-refractivity contribution in [1.82, 2.24) is 4.98 Å². The average Bonchev–Trinajstić information content (AvgIpc) is 2.98. The monoisotopic (exact) mass is 413 g/mol. The van der Waals surface area contributed by atoms with Gasteiger partial charge in [0.1, 0.15) is 23.6 Å². The van der Waals surface area contributed by atoms with Gasteiger partial charge in [0.2, 0.25) is 0 Å². The molecule has 3 aromatic rings. The van der Waals surface area contributed by atoms with Gasteiger partial charge >= 0.3 is 17.6 Å². The van der Waals surface area contributed by atoms with Gasteiger partial charge in [0.25, 0.3) is 0 Å².